The molecular formula is C23H24ClN7O2S. The topological polar surface area (TPSA) is 111 Å². The molecule has 4 heterocycles. The highest BCUT2D eigenvalue weighted by Crippen LogP contribution is 2.27. The first-order valence-electron chi connectivity index (χ1n) is 10.7. The third kappa shape index (κ3) is 4.20. The molecule has 5 rings (SSSR count). The number of sulfonamides is 1. The van der Waals surface area contributed by atoms with Crippen molar-refractivity contribution in [1.29, 1.82) is 0 Å². The van der Waals surface area contributed by atoms with E-state index >= 15 is 0 Å². The number of aromatic nitrogens is 4. The van der Waals surface area contributed by atoms with Gasteiger partial charge in [0.1, 0.15) is 5.82 Å². The standard InChI is InChI=1S/C23H24ClN7O2S/c1-15-27-28-23-7-6-20-22(31(15)23)11-21(30(20)12-16-4-3-5-17(24)10-16)19(25)8-9-26-18-13-29(14-18)34(2,32)33/h3-11,18H,12-14,25H2,1-2H3/b19-8-,26-9?. The second-order valence-electron chi connectivity index (χ2n) is 8.44. The molecule has 1 saturated heterocycles. The number of pyridine rings is 1. The van der Waals surface area contributed by atoms with Crippen molar-refractivity contribution in [3.05, 3.63) is 70.6 Å². The van der Waals surface area contributed by atoms with Crippen molar-refractivity contribution < 1.29 is 8.42 Å². The van der Waals surface area contributed by atoms with Crippen molar-refractivity contribution in [3.63, 3.8) is 0 Å². The normalized spacial score (nSPS) is 16.1. The molecule has 0 unspecified atom stereocenters. The lowest BCUT2D eigenvalue weighted by Gasteiger charge is -2.34. The minimum atomic E-state index is -3.16. The summed E-state index contributed by atoms with van der Waals surface area (Å²) in [6.07, 6.45) is 4.61. The molecule has 0 saturated carbocycles. The van der Waals surface area contributed by atoms with Crippen molar-refractivity contribution in [3.8, 4) is 0 Å². The van der Waals surface area contributed by atoms with E-state index in [-0.39, 0.29) is 6.04 Å². The molecule has 1 aliphatic heterocycles. The van der Waals surface area contributed by atoms with Crippen LogP contribution in [0.15, 0.2) is 53.5 Å². The fourth-order valence-electron chi connectivity index (χ4n) is 4.18. The van der Waals surface area contributed by atoms with Gasteiger partial charge in [0.15, 0.2) is 5.65 Å². The summed E-state index contributed by atoms with van der Waals surface area (Å²) in [5.74, 6) is 0.789. The first-order chi connectivity index (χ1) is 16.2. The van der Waals surface area contributed by atoms with Gasteiger partial charge in [0, 0.05) is 30.9 Å². The molecule has 11 heteroatoms. The molecule has 0 atom stereocenters. The second kappa shape index (κ2) is 8.53. The molecule has 0 spiro atoms. The van der Waals surface area contributed by atoms with E-state index < -0.39 is 10.0 Å². The van der Waals surface area contributed by atoms with Gasteiger partial charge in [0.25, 0.3) is 0 Å². The lowest BCUT2D eigenvalue weighted by Crippen LogP contribution is -2.52. The van der Waals surface area contributed by atoms with Crippen LogP contribution < -0.4 is 5.73 Å². The molecule has 0 radical (unpaired) electrons. The van der Waals surface area contributed by atoms with E-state index in [1.165, 1.54) is 10.6 Å². The lowest BCUT2D eigenvalue weighted by molar-refractivity contribution is 0.270. The molecule has 1 fully saturated rings. The van der Waals surface area contributed by atoms with E-state index in [1.807, 2.05) is 53.8 Å². The summed E-state index contributed by atoms with van der Waals surface area (Å²) in [5.41, 5.74) is 11.6. The summed E-state index contributed by atoms with van der Waals surface area (Å²) in [6, 6.07) is 13.7. The van der Waals surface area contributed by atoms with Gasteiger partial charge >= 0.3 is 0 Å². The Labute approximate surface area is 202 Å². The summed E-state index contributed by atoms with van der Waals surface area (Å²) in [7, 11) is -3.16. The van der Waals surface area contributed by atoms with Gasteiger partial charge in [0.05, 0.1) is 34.7 Å². The van der Waals surface area contributed by atoms with Crippen LogP contribution in [0.3, 0.4) is 0 Å². The smallest absolute Gasteiger partial charge is 0.211 e. The van der Waals surface area contributed by atoms with Gasteiger partial charge in [-0.2, -0.15) is 4.31 Å². The maximum Gasteiger partial charge on any atom is 0.211 e. The van der Waals surface area contributed by atoms with Gasteiger partial charge < -0.3 is 10.3 Å². The Hall–Kier alpha value is -3.21. The first kappa shape index (κ1) is 22.6. The van der Waals surface area contributed by atoms with Crippen molar-refractivity contribution in [2.75, 3.05) is 19.3 Å². The highest BCUT2D eigenvalue weighted by molar-refractivity contribution is 7.88. The molecule has 176 valence electrons. The van der Waals surface area contributed by atoms with Crippen LogP contribution in [0.2, 0.25) is 5.02 Å². The average molecular weight is 498 g/mol. The minimum Gasteiger partial charge on any atom is -0.397 e. The number of hydrogen-bond donors (Lipinski definition) is 1. The maximum absolute atomic E-state index is 11.5. The number of aryl methyl sites for hydroxylation is 1. The largest absolute Gasteiger partial charge is 0.397 e. The third-order valence-corrected chi connectivity index (χ3v) is 7.44. The van der Waals surface area contributed by atoms with E-state index in [9.17, 15) is 8.42 Å². The maximum atomic E-state index is 11.5. The number of hydrogen-bond acceptors (Lipinski definition) is 6. The summed E-state index contributed by atoms with van der Waals surface area (Å²) in [6.45, 7) is 3.27. The Morgan fingerprint density at radius 2 is 2.00 bits per heavy atom. The highest BCUT2D eigenvalue weighted by Gasteiger charge is 2.32. The fraction of sp³-hybridized carbons (Fsp3) is 0.261. The van der Waals surface area contributed by atoms with Crippen LogP contribution >= 0.6 is 11.6 Å². The summed E-state index contributed by atoms with van der Waals surface area (Å²) in [5, 5.41) is 9.11. The van der Waals surface area contributed by atoms with Crippen molar-refractivity contribution in [1.82, 2.24) is 23.5 Å². The number of fused-ring (bicyclic) bond motifs is 3. The average Bonchev–Trinajstić information content (AvgIpc) is 3.29. The summed E-state index contributed by atoms with van der Waals surface area (Å²) in [4.78, 5) is 4.45. The Morgan fingerprint density at radius 1 is 1.21 bits per heavy atom. The van der Waals surface area contributed by atoms with Crippen LogP contribution in [0, 0.1) is 6.92 Å². The van der Waals surface area contributed by atoms with E-state index in [4.69, 9.17) is 17.3 Å². The number of benzene rings is 1. The van der Waals surface area contributed by atoms with Crippen molar-refractivity contribution >= 4 is 50.2 Å². The van der Waals surface area contributed by atoms with Gasteiger partial charge in [-0.05, 0) is 48.9 Å². The van der Waals surface area contributed by atoms with Crippen LogP contribution in [0.1, 0.15) is 17.1 Å². The molecule has 3 aromatic heterocycles. The molecule has 4 aromatic rings. The Kier molecular flexibility index (Phi) is 5.67. The van der Waals surface area contributed by atoms with Crippen molar-refractivity contribution in [2.45, 2.75) is 19.5 Å². The van der Waals surface area contributed by atoms with Crippen LogP contribution in [0.25, 0.3) is 22.4 Å². The number of nitrogens with two attached hydrogens (primary N) is 1. The lowest BCUT2D eigenvalue weighted by atomic mass is 10.2. The molecule has 0 amide bonds. The number of rotatable bonds is 6. The Morgan fingerprint density at radius 3 is 2.74 bits per heavy atom. The van der Waals surface area contributed by atoms with Crippen molar-refractivity contribution in [2.24, 2.45) is 10.7 Å². The molecule has 9 nitrogen and oxygen atoms in total. The van der Waals surface area contributed by atoms with Gasteiger partial charge in [0.2, 0.25) is 10.0 Å². The monoisotopic (exact) mass is 497 g/mol. The zero-order valence-electron chi connectivity index (χ0n) is 18.8. The highest BCUT2D eigenvalue weighted by atomic mass is 35.5. The molecular weight excluding hydrogens is 474 g/mol. The van der Waals surface area contributed by atoms with E-state index in [2.05, 4.69) is 19.8 Å². The number of halogens is 1. The van der Waals surface area contributed by atoms with E-state index in [1.54, 1.807) is 12.3 Å². The quantitative estimate of drug-likeness (QED) is 0.412. The van der Waals surface area contributed by atoms with Gasteiger partial charge in [-0.25, -0.2) is 8.42 Å². The number of nitrogens with zero attached hydrogens (tertiary/aromatic N) is 6. The summed E-state index contributed by atoms with van der Waals surface area (Å²) >= 11 is 6.22. The van der Waals surface area contributed by atoms with Crippen LogP contribution in [-0.4, -0.2) is 63.5 Å². The Balaban J connectivity index is 1.52. The fourth-order valence-corrected chi connectivity index (χ4v) is 5.28. The Bertz CT molecular complexity index is 1560. The van der Waals surface area contributed by atoms with Gasteiger partial charge in [-0.3, -0.25) is 9.39 Å². The predicted molar refractivity (Wildman–Crippen MR) is 135 cm³/mol. The number of aliphatic imine (C=N–C) groups is 1. The molecule has 34 heavy (non-hydrogen) atoms. The molecule has 0 bridgehead atoms. The van der Waals surface area contributed by atoms with Gasteiger partial charge in [-0.1, -0.05) is 23.7 Å². The second-order valence-corrected chi connectivity index (χ2v) is 10.9. The zero-order chi connectivity index (χ0) is 24.0. The molecule has 2 N–H and O–H groups in total. The SMILES string of the molecule is Cc1nnc2ccc3c(cc(/C(N)=C/C=NC4CN(S(C)(=O)=O)C4)n3Cc3cccc(Cl)c3)n12. The zero-order valence-corrected chi connectivity index (χ0v) is 20.3. The molecule has 0 aliphatic carbocycles. The molecule has 1 aliphatic rings. The van der Waals surface area contributed by atoms with E-state index in [0.29, 0.717) is 30.4 Å². The number of allylic oxidation sites excluding steroid dienone is 1. The summed E-state index contributed by atoms with van der Waals surface area (Å²) < 4.78 is 28.6. The van der Waals surface area contributed by atoms with Crippen LogP contribution in [0.5, 0.6) is 0 Å². The van der Waals surface area contributed by atoms with Crippen LogP contribution in [-0.2, 0) is 16.6 Å². The van der Waals surface area contributed by atoms with E-state index in [0.717, 1.165) is 33.8 Å². The van der Waals surface area contributed by atoms with Gasteiger partial charge in [-0.15, -0.1) is 10.2 Å². The van der Waals surface area contributed by atoms with Crippen LogP contribution in [0.4, 0.5) is 0 Å². The predicted octanol–water partition coefficient (Wildman–Crippen LogP) is 2.71. The molecule has 1 aromatic carbocycles. The third-order valence-electron chi connectivity index (χ3n) is 5.97. The first-order valence-corrected chi connectivity index (χ1v) is 13.0. The minimum absolute atomic E-state index is 0.0598.